The zero-order valence-corrected chi connectivity index (χ0v) is 18.4. The number of aryl methyl sites for hydroxylation is 2. The predicted molar refractivity (Wildman–Crippen MR) is 112 cm³/mol. The second-order valence-electron chi connectivity index (χ2n) is 6.37. The van der Waals surface area contributed by atoms with Gasteiger partial charge in [0.25, 0.3) is 0 Å². The lowest BCUT2D eigenvalue weighted by atomic mass is 10.1. The van der Waals surface area contributed by atoms with E-state index in [1.165, 1.54) is 6.07 Å². The van der Waals surface area contributed by atoms with Crippen LogP contribution in [0.4, 0.5) is 13.2 Å². The third kappa shape index (κ3) is 6.44. The van der Waals surface area contributed by atoms with Gasteiger partial charge in [-0.2, -0.15) is 18.3 Å². The lowest BCUT2D eigenvalue weighted by Crippen LogP contribution is -2.47. The van der Waals surface area contributed by atoms with E-state index in [2.05, 4.69) is 30.7 Å². The molecule has 12 heteroatoms. The van der Waals surface area contributed by atoms with Crippen LogP contribution in [0.15, 0.2) is 23.3 Å². The number of aromatic nitrogens is 4. The van der Waals surface area contributed by atoms with Gasteiger partial charge in [0.05, 0.1) is 18.7 Å². The van der Waals surface area contributed by atoms with Crippen molar-refractivity contribution >= 4 is 29.9 Å². The Bertz CT molecular complexity index is 823. The SMILES string of the molecule is CN=C(NCCOc1ccc(C(F)(F)F)cn1)NC1CCc2nc(C)nn2C1.I. The summed E-state index contributed by atoms with van der Waals surface area (Å²) >= 11 is 0. The van der Waals surface area contributed by atoms with E-state index in [-0.39, 0.29) is 42.5 Å². The zero-order chi connectivity index (χ0) is 20.1. The summed E-state index contributed by atoms with van der Waals surface area (Å²) in [7, 11) is 1.67. The first kappa shape index (κ1) is 23.2. The van der Waals surface area contributed by atoms with E-state index in [0.29, 0.717) is 19.0 Å². The van der Waals surface area contributed by atoms with Crippen LogP contribution in [0.5, 0.6) is 5.88 Å². The number of ether oxygens (including phenoxy) is 1. The molecule has 0 aliphatic carbocycles. The topological polar surface area (TPSA) is 89.2 Å². The molecule has 3 rings (SSSR count). The molecule has 0 spiro atoms. The molecule has 2 aromatic rings. The highest BCUT2D eigenvalue weighted by molar-refractivity contribution is 14.0. The van der Waals surface area contributed by atoms with Crippen LogP contribution in [0.3, 0.4) is 0 Å². The van der Waals surface area contributed by atoms with Crippen molar-refractivity contribution in [3.05, 3.63) is 35.5 Å². The molecule has 0 amide bonds. The first-order valence-electron chi connectivity index (χ1n) is 8.88. The normalized spacial score (nSPS) is 16.6. The lowest BCUT2D eigenvalue weighted by Gasteiger charge is -2.25. The number of nitrogens with zero attached hydrogens (tertiary/aromatic N) is 5. The fourth-order valence-corrected chi connectivity index (χ4v) is 2.90. The van der Waals surface area contributed by atoms with Gasteiger partial charge in [0, 0.05) is 31.8 Å². The van der Waals surface area contributed by atoms with Gasteiger partial charge in [0.15, 0.2) is 5.96 Å². The van der Waals surface area contributed by atoms with Crippen LogP contribution in [0.25, 0.3) is 0 Å². The third-order valence-electron chi connectivity index (χ3n) is 4.24. The molecule has 1 unspecified atom stereocenters. The fraction of sp³-hybridized carbons (Fsp3) is 0.529. The molecule has 2 aromatic heterocycles. The Morgan fingerprint density at radius 2 is 2.17 bits per heavy atom. The Balaban J connectivity index is 0.00000300. The lowest BCUT2D eigenvalue weighted by molar-refractivity contribution is -0.137. The van der Waals surface area contributed by atoms with Crippen molar-refractivity contribution < 1.29 is 17.9 Å². The molecule has 0 saturated carbocycles. The maximum Gasteiger partial charge on any atom is 0.417 e. The summed E-state index contributed by atoms with van der Waals surface area (Å²) < 4.78 is 44.8. The average Bonchev–Trinajstić information content (AvgIpc) is 3.03. The van der Waals surface area contributed by atoms with E-state index in [1.54, 1.807) is 7.05 Å². The van der Waals surface area contributed by atoms with Crippen LogP contribution in [0, 0.1) is 6.92 Å². The zero-order valence-electron chi connectivity index (χ0n) is 16.0. The van der Waals surface area contributed by atoms with Gasteiger partial charge in [0.1, 0.15) is 18.3 Å². The van der Waals surface area contributed by atoms with Crippen LogP contribution in [0.1, 0.15) is 23.6 Å². The highest BCUT2D eigenvalue weighted by Crippen LogP contribution is 2.29. The third-order valence-corrected chi connectivity index (χ3v) is 4.24. The molecular formula is C17H23F3IN7O. The van der Waals surface area contributed by atoms with Crippen molar-refractivity contribution in [1.82, 2.24) is 30.4 Å². The van der Waals surface area contributed by atoms with Gasteiger partial charge in [-0.3, -0.25) is 4.99 Å². The highest BCUT2D eigenvalue weighted by Gasteiger charge is 2.30. The van der Waals surface area contributed by atoms with E-state index in [9.17, 15) is 13.2 Å². The molecule has 3 heterocycles. The summed E-state index contributed by atoms with van der Waals surface area (Å²) in [6.07, 6.45) is -1.88. The first-order valence-corrected chi connectivity index (χ1v) is 8.88. The monoisotopic (exact) mass is 525 g/mol. The number of pyridine rings is 1. The minimum Gasteiger partial charge on any atom is -0.476 e. The van der Waals surface area contributed by atoms with E-state index in [1.807, 2.05) is 11.6 Å². The van der Waals surface area contributed by atoms with E-state index < -0.39 is 11.7 Å². The highest BCUT2D eigenvalue weighted by atomic mass is 127. The number of aliphatic imine (C=N–C) groups is 1. The van der Waals surface area contributed by atoms with E-state index in [4.69, 9.17) is 4.74 Å². The van der Waals surface area contributed by atoms with Gasteiger partial charge in [-0.25, -0.2) is 14.6 Å². The number of guanidine groups is 1. The summed E-state index contributed by atoms with van der Waals surface area (Å²) in [4.78, 5) is 12.2. The number of alkyl halides is 3. The summed E-state index contributed by atoms with van der Waals surface area (Å²) in [5, 5.41) is 10.8. The Morgan fingerprint density at radius 3 is 2.83 bits per heavy atom. The number of rotatable bonds is 5. The molecule has 1 atom stereocenters. The van der Waals surface area contributed by atoms with Crippen LogP contribution in [-0.2, 0) is 19.1 Å². The summed E-state index contributed by atoms with van der Waals surface area (Å²) in [6, 6.07) is 2.33. The quantitative estimate of drug-likeness (QED) is 0.270. The minimum atomic E-state index is -4.41. The maximum atomic E-state index is 12.5. The number of hydrogen-bond donors (Lipinski definition) is 2. The minimum absolute atomic E-state index is 0. The van der Waals surface area contributed by atoms with Crippen LogP contribution in [-0.4, -0.2) is 51.9 Å². The van der Waals surface area contributed by atoms with E-state index in [0.717, 1.165) is 36.8 Å². The number of hydrogen-bond acceptors (Lipinski definition) is 5. The Kier molecular flexibility index (Phi) is 8.05. The predicted octanol–water partition coefficient (Wildman–Crippen LogP) is 2.18. The molecule has 0 radical (unpaired) electrons. The summed E-state index contributed by atoms with van der Waals surface area (Å²) in [5.74, 6) is 2.52. The standard InChI is InChI=1S/C17H22F3N7O.HI/c1-11-24-14-5-4-13(10-27(14)26-11)25-16(21-2)22-7-8-28-15-6-3-12(9-23-15)17(18,19)20;/h3,6,9,13H,4-5,7-8,10H2,1-2H3,(H2,21,22,25);1H. The molecule has 160 valence electrons. The molecule has 1 aliphatic heterocycles. The van der Waals surface area contributed by atoms with Gasteiger partial charge < -0.3 is 15.4 Å². The van der Waals surface area contributed by atoms with Gasteiger partial charge in [-0.15, -0.1) is 24.0 Å². The van der Waals surface area contributed by atoms with Crippen LogP contribution >= 0.6 is 24.0 Å². The van der Waals surface area contributed by atoms with Crippen LogP contribution in [0.2, 0.25) is 0 Å². The van der Waals surface area contributed by atoms with Crippen molar-refractivity contribution in [2.75, 3.05) is 20.2 Å². The Morgan fingerprint density at radius 1 is 1.38 bits per heavy atom. The number of nitrogens with one attached hydrogen (secondary N) is 2. The molecule has 1 aliphatic rings. The molecule has 29 heavy (non-hydrogen) atoms. The maximum absolute atomic E-state index is 12.5. The molecular weight excluding hydrogens is 502 g/mol. The van der Waals surface area contributed by atoms with Crippen LogP contribution < -0.4 is 15.4 Å². The van der Waals surface area contributed by atoms with Crippen molar-refractivity contribution in [3.63, 3.8) is 0 Å². The largest absolute Gasteiger partial charge is 0.476 e. The molecule has 0 bridgehead atoms. The second-order valence-corrected chi connectivity index (χ2v) is 6.37. The molecule has 0 fully saturated rings. The fourth-order valence-electron chi connectivity index (χ4n) is 2.90. The Labute approximate surface area is 183 Å². The van der Waals surface area contributed by atoms with Gasteiger partial charge in [0.2, 0.25) is 5.88 Å². The van der Waals surface area contributed by atoms with Crippen molar-refractivity contribution in [3.8, 4) is 5.88 Å². The van der Waals surface area contributed by atoms with Crippen molar-refractivity contribution in [2.45, 2.75) is 38.5 Å². The number of fused-ring (bicyclic) bond motifs is 1. The van der Waals surface area contributed by atoms with Crippen molar-refractivity contribution in [2.24, 2.45) is 4.99 Å². The van der Waals surface area contributed by atoms with E-state index >= 15 is 0 Å². The van der Waals surface area contributed by atoms with Gasteiger partial charge >= 0.3 is 6.18 Å². The molecule has 2 N–H and O–H groups in total. The summed E-state index contributed by atoms with van der Waals surface area (Å²) in [6.45, 7) is 3.24. The first-order chi connectivity index (χ1) is 13.3. The van der Waals surface area contributed by atoms with Gasteiger partial charge in [-0.1, -0.05) is 0 Å². The average molecular weight is 525 g/mol. The second kappa shape index (κ2) is 10.1. The summed E-state index contributed by atoms with van der Waals surface area (Å²) in [5.41, 5.74) is -0.805. The smallest absolute Gasteiger partial charge is 0.417 e. The molecule has 8 nitrogen and oxygen atoms in total. The molecule has 0 saturated heterocycles. The van der Waals surface area contributed by atoms with Crippen molar-refractivity contribution in [1.29, 1.82) is 0 Å². The molecule has 0 aromatic carbocycles. The van der Waals surface area contributed by atoms with Gasteiger partial charge in [-0.05, 0) is 19.4 Å². The number of halogens is 4. The Hall–Kier alpha value is -2.12.